The van der Waals surface area contributed by atoms with E-state index < -0.39 is 0 Å². The molecule has 4 nitrogen and oxygen atoms in total. The van der Waals surface area contributed by atoms with Crippen LogP contribution in [0.5, 0.6) is 0 Å². The maximum atomic E-state index is 11.8. The zero-order valence-electron chi connectivity index (χ0n) is 8.86. The standard InChI is InChI=1S/C10H17N3O/c1-3-12(2)10(14)13(8-4-7-11)9-5-6-9/h9H,3-6,8H2,1-2H3. The molecule has 0 heterocycles. The van der Waals surface area contributed by atoms with Gasteiger partial charge in [0, 0.05) is 26.2 Å². The highest BCUT2D eigenvalue weighted by Crippen LogP contribution is 2.27. The van der Waals surface area contributed by atoms with Crippen molar-refractivity contribution in [2.24, 2.45) is 0 Å². The minimum absolute atomic E-state index is 0.0604. The molecule has 1 saturated carbocycles. The van der Waals surface area contributed by atoms with E-state index in [0.717, 1.165) is 12.8 Å². The van der Waals surface area contributed by atoms with Gasteiger partial charge in [-0.15, -0.1) is 0 Å². The number of nitrogens with zero attached hydrogens (tertiary/aromatic N) is 3. The van der Waals surface area contributed by atoms with E-state index in [0.29, 0.717) is 25.6 Å². The molecule has 1 aliphatic rings. The Morgan fingerprint density at radius 1 is 1.57 bits per heavy atom. The van der Waals surface area contributed by atoms with Gasteiger partial charge in [-0.25, -0.2) is 4.79 Å². The minimum Gasteiger partial charge on any atom is -0.328 e. The minimum atomic E-state index is 0.0604. The molecular weight excluding hydrogens is 178 g/mol. The lowest BCUT2D eigenvalue weighted by molar-refractivity contribution is 0.163. The van der Waals surface area contributed by atoms with Gasteiger partial charge in [0.15, 0.2) is 0 Å². The van der Waals surface area contributed by atoms with Gasteiger partial charge in [-0.2, -0.15) is 5.26 Å². The molecule has 14 heavy (non-hydrogen) atoms. The topological polar surface area (TPSA) is 47.3 Å². The Bertz CT molecular complexity index is 242. The summed E-state index contributed by atoms with van der Waals surface area (Å²) >= 11 is 0. The van der Waals surface area contributed by atoms with Crippen LogP contribution in [0.3, 0.4) is 0 Å². The van der Waals surface area contributed by atoms with Gasteiger partial charge in [0.05, 0.1) is 12.5 Å². The number of nitriles is 1. The Hall–Kier alpha value is -1.24. The quantitative estimate of drug-likeness (QED) is 0.681. The van der Waals surface area contributed by atoms with Crippen molar-refractivity contribution in [3.8, 4) is 6.07 Å². The average molecular weight is 195 g/mol. The third-order valence-electron chi connectivity index (χ3n) is 2.50. The van der Waals surface area contributed by atoms with E-state index in [1.807, 2.05) is 11.8 Å². The van der Waals surface area contributed by atoms with Crippen molar-refractivity contribution >= 4 is 6.03 Å². The Morgan fingerprint density at radius 3 is 2.64 bits per heavy atom. The number of amides is 2. The molecule has 0 saturated heterocycles. The normalized spacial score (nSPS) is 14.6. The molecule has 2 amide bonds. The van der Waals surface area contributed by atoms with Gasteiger partial charge in [-0.1, -0.05) is 0 Å². The summed E-state index contributed by atoms with van der Waals surface area (Å²) in [5.74, 6) is 0. The largest absolute Gasteiger partial charge is 0.328 e. The second kappa shape index (κ2) is 4.85. The first kappa shape index (κ1) is 10.8. The van der Waals surface area contributed by atoms with Crippen LogP contribution in [0.2, 0.25) is 0 Å². The van der Waals surface area contributed by atoms with Crippen molar-refractivity contribution in [1.29, 1.82) is 5.26 Å². The van der Waals surface area contributed by atoms with Gasteiger partial charge in [0.1, 0.15) is 0 Å². The molecule has 0 aliphatic heterocycles. The predicted octanol–water partition coefficient (Wildman–Crippen LogP) is 1.44. The van der Waals surface area contributed by atoms with Crippen LogP contribution in [0.15, 0.2) is 0 Å². The van der Waals surface area contributed by atoms with Crippen molar-refractivity contribution in [3.05, 3.63) is 0 Å². The fourth-order valence-corrected chi connectivity index (χ4v) is 1.35. The summed E-state index contributed by atoms with van der Waals surface area (Å²) in [6.07, 6.45) is 2.61. The summed E-state index contributed by atoms with van der Waals surface area (Å²) in [5, 5.41) is 8.49. The van der Waals surface area contributed by atoms with E-state index in [1.54, 1.807) is 11.9 Å². The van der Waals surface area contributed by atoms with Crippen LogP contribution < -0.4 is 0 Å². The van der Waals surface area contributed by atoms with Crippen LogP contribution in [0.4, 0.5) is 4.79 Å². The molecule has 0 spiro atoms. The molecule has 1 aliphatic carbocycles. The Morgan fingerprint density at radius 2 is 2.21 bits per heavy atom. The molecule has 0 atom stereocenters. The summed E-state index contributed by atoms with van der Waals surface area (Å²) in [5.41, 5.74) is 0. The lowest BCUT2D eigenvalue weighted by atomic mass is 10.4. The number of carbonyl (C=O) groups is 1. The zero-order chi connectivity index (χ0) is 10.6. The molecule has 4 heteroatoms. The van der Waals surface area contributed by atoms with E-state index >= 15 is 0 Å². The van der Waals surface area contributed by atoms with Crippen molar-refractivity contribution in [3.63, 3.8) is 0 Å². The van der Waals surface area contributed by atoms with Crippen LogP contribution in [0.1, 0.15) is 26.2 Å². The third kappa shape index (κ3) is 2.63. The van der Waals surface area contributed by atoms with E-state index in [1.165, 1.54) is 0 Å². The van der Waals surface area contributed by atoms with Gasteiger partial charge < -0.3 is 9.80 Å². The summed E-state index contributed by atoms with van der Waals surface area (Å²) in [7, 11) is 1.80. The smallest absolute Gasteiger partial charge is 0.320 e. The van der Waals surface area contributed by atoms with Crippen molar-refractivity contribution in [2.75, 3.05) is 20.1 Å². The van der Waals surface area contributed by atoms with Crippen LogP contribution >= 0.6 is 0 Å². The van der Waals surface area contributed by atoms with Gasteiger partial charge >= 0.3 is 6.03 Å². The SMILES string of the molecule is CCN(C)C(=O)N(CCC#N)C1CC1. The summed E-state index contributed by atoms with van der Waals surface area (Å²) in [4.78, 5) is 15.3. The fourth-order valence-electron chi connectivity index (χ4n) is 1.35. The van der Waals surface area contributed by atoms with Gasteiger partial charge in [0.25, 0.3) is 0 Å². The molecular formula is C10H17N3O. The highest BCUT2D eigenvalue weighted by atomic mass is 16.2. The van der Waals surface area contributed by atoms with Crippen LogP contribution in [-0.2, 0) is 0 Å². The summed E-state index contributed by atoms with van der Waals surface area (Å²) in [6, 6.07) is 2.53. The molecule has 0 radical (unpaired) electrons. The molecule has 0 bridgehead atoms. The second-order valence-electron chi connectivity index (χ2n) is 3.63. The van der Waals surface area contributed by atoms with Gasteiger partial charge in [-0.05, 0) is 19.8 Å². The van der Waals surface area contributed by atoms with Crippen molar-refractivity contribution < 1.29 is 4.79 Å². The molecule has 78 valence electrons. The first-order chi connectivity index (χ1) is 6.70. The van der Waals surface area contributed by atoms with E-state index in [4.69, 9.17) is 5.26 Å². The highest BCUT2D eigenvalue weighted by Gasteiger charge is 2.33. The number of hydrogen-bond donors (Lipinski definition) is 0. The maximum absolute atomic E-state index is 11.8. The monoisotopic (exact) mass is 195 g/mol. The fraction of sp³-hybridized carbons (Fsp3) is 0.800. The number of rotatable bonds is 4. The molecule has 1 rings (SSSR count). The van der Waals surface area contributed by atoms with Crippen LogP contribution in [-0.4, -0.2) is 42.0 Å². The number of urea groups is 1. The number of carbonyl (C=O) groups excluding carboxylic acids is 1. The first-order valence-electron chi connectivity index (χ1n) is 5.09. The zero-order valence-corrected chi connectivity index (χ0v) is 8.86. The third-order valence-corrected chi connectivity index (χ3v) is 2.50. The average Bonchev–Trinajstić information content (AvgIpc) is 3.01. The Kier molecular flexibility index (Phi) is 3.75. The Balaban J connectivity index is 2.49. The van der Waals surface area contributed by atoms with Crippen LogP contribution in [0.25, 0.3) is 0 Å². The predicted molar refractivity (Wildman–Crippen MR) is 53.7 cm³/mol. The molecule has 0 aromatic carbocycles. The molecule has 0 aromatic rings. The van der Waals surface area contributed by atoms with E-state index in [9.17, 15) is 4.79 Å². The first-order valence-corrected chi connectivity index (χ1v) is 5.09. The molecule has 1 fully saturated rings. The van der Waals surface area contributed by atoms with E-state index in [2.05, 4.69) is 6.07 Å². The lowest BCUT2D eigenvalue weighted by Crippen LogP contribution is -2.42. The summed E-state index contributed by atoms with van der Waals surface area (Å²) in [6.45, 7) is 3.24. The van der Waals surface area contributed by atoms with Gasteiger partial charge in [-0.3, -0.25) is 0 Å². The second-order valence-corrected chi connectivity index (χ2v) is 3.63. The maximum Gasteiger partial charge on any atom is 0.320 e. The Labute approximate surface area is 85.1 Å². The van der Waals surface area contributed by atoms with Crippen molar-refractivity contribution in [2.45, 2.75) is 32.2 Å². The van der Waals surface area contributed by atoms with Crippen molar-refractivity contribution in [1.82, 2.24) is 9.80 Å². The lowest BCUT2D eigenvalue weighted by Gasteiger charge is -2.26. The van der Waals surface area contributed by atoms with E-state index in [-0.39, 0.29) is 6.03 Å². The molecule has 0 aromatic heterocycles. The number of hydrogen-bond acceptors (Lipinski definition) is 2. The molecule has 0 N–H and O–H groups in total. The molecule has 0 unspecified atom stereocenters. The van der Waals surface area contributed by atoms with Crippen LogP contribution in [0, 0.1) is 11.3 Å². The van der Waals surface area contributed by atoms with Gasteiger partial charge in [0.2, 0.25) is 0 Å². The highest BCUT2D eigenvalue weighted by molar-refractivity contribution is 5.74. The summed E-state index contributed by atoms with van der Waals surface area (Å²) < 4.78 is 0.